The second kappa shape index (κ2) is 9.62. The highest BCUT2D eigenvalue weighted by atomic mass is 32.2. The minimum absolute atomic E-state index is 0.665. The topological polar surface area (TPSA) is 88.1 Å². The lowest BCUT2D eigenvalue weighted by Gasteiger charge is -2.17. The number of nitrogens with one attached hydrogen (secondary N) is 2. The molecule has 2 N–H and O–H groups in total. The van der Waals surface area contributed by atoms with Crippen molar-refractivity contribution in [2.75, 3.05) is 35.1 Å². The van der Waals surface area contributed by atoms with Crippen molar-refractivity contribution in [2.24, 2.45) is 0 Å². The molecular weight excluding hydrogens is 398 g/mol. The summed E-state index contributed by atoms with van der Waals surface area (Å²) in [5.74, 6) is 3.56. The van der Waals surface area contributed by atoms with Crippen LogP contribution in [-0.4, -0.2) is 39.5 Å². The van der Waals surface area contributed by atoms with E-state index in [2.05, 4.69) is 44.6 Å². The van der Waals surface area contributed by atoms with Crippen LogP contribution in [0.3, 0.4) is 0 Å². The van der Waals surface area contributed by atoms with Crippen molar-refractivity contribution in [1.82, 2.24) is 19.9 Å². The molecule has 156 valence electrons. The first-order valence-electron chi connectivity index (χ1n) is 9.91. The molecule has 1 aliphatic rings. The van der Waals surface area contributed by atoms with Crippen LogP contribution in [-0.2, 0) is 13.1 Å². The molecule has 0 amide bonds. The SMILES string of the molecule is CCCSc1nc(NCc2ccc(OC)cc2)c2c(n1)N(Cc1cncnc1)CN2. The second-order valence-electron chi connectivity index (χ2n) is 6.88. The van der Waals surface area contributed by atoms with Gasteiger partial charge in [-0.3, -0.25) is 0 Å². The summed E-state index contributed by atoms with van der Waals surface area (Å²) < 4.78 is 5.24. The monoisotopic (exact) mass is 423 g/mol. The van der Waals surface area contributed by atoms with E-state index < -0.39 is 0 Å². The fourth-order valence-corrected chi connectivity index (χ4v) is 3.84. The number of rotatable bonds is 9. The van der Waals surface area contributed by atoms with Crippen LogP contribution in [0.15, 0.2) is 48.1 Å². The van der Waals surface area contributed by atoms with Crippen LogP contribution < -0.4 is 20.3 Å². The summed E-state index contributed by atoms with van der Waals surface area (Å²) in [6.45, 7) is 4.18. The van der Waals surface area contributed by atoms with Gasteiger partial charge in [0.25, 0.3) is 0 Å². The molecule has 0 unspecified atom stereocenters. The van der Waals surface area contributed by atoms with Gasteiger partial charge in [0.05, 0.1) is 13.8 Å². The van der Waals surface area contributed by atoms with Crippen molar-refractivity contribution < 1.29 is 4.74 Å². The van der Waals surface area contributed by atoms with Gasteiger partial charge in [-0.05, 0) is 24.1 Å². The molecule has 1 aromatic carbocycles. The number of thioether (sulfide) groups is 1. The van der Waals surface area contributed by atoms with Gasteiger partial charge in [-0.2, -0.15) is 0 Å². The van der Waals surface area contributed by atoms with Gasteiger partial charge < -0.3 is 20.3 Å². The summed E-state index contributed by atoms with van der Waals surface area (Å²) in [5, 5.41) is 7.71. The average Bonchev–Trinajstić information content (AvgIpc) is 3.19. The third-order valence-electron chi connectivity index (χ3n) is 4.66. The molecule has 2 aromatic heterocycles. The fourth-order valence-electron chi connectivity index (χ4n) is 3.15. The van der Waals surface area contributed by atoms with E-state index in [-0.39, 0.29) is 0 Å². The number of aromatic nitrogens is 4. The molecule has 0 saturated carbocycles. The summed E-state index contributed by atoms with van der Waals surface area (Å²) in [6, 6.07) is 8.03. The average molecular weight is 424 g/mol. The Kier molecular flexibility index (Phi) is 6.48. The Bertz CT molecular complexity index is 969. The van der Waals surface area contributed by atoms with E-state index in [1.54, 1.807) is 25.2 Å². The van der Waals surface area contributed by atoms with E-state index in [9.17, 15) is 0 Å². The Morgan fingerprint density at radius 3 is 2.67 bits per heavy atom. The Balaban J connectivity index is 1.56. The maximum Gasteiger partial charge on any atom is 0.191 e. The molecule has 3 aromatic rings. The van der Waals surface area contributed by atoms with Gasteiger partial charge in [-0.25, -0.2) is 19.9 Å². The lowest BCUT2D eigenvalue weighted by molar-refractivity contribution is 0.414. The number of anilines is 3. The quantitative estimate of drug-likeness (QED) is 0.394. The van der Waals surface area contributed by atoms with E-state index >= 15 is 0 Å². The molecule has 0 spiro atoms. The zero-order valence-corrected chi connectivity index (χ0v) is 17.9. The number of hydrogen-bond acceptors (Lipinski definition) is 9. The molecule has 0 aliphatic carbocycles. The molecule has 0 radical (unpaired) electrons. The van der Waals surface area contributed by atoms with Crippen molar-refractivity contribution in [3.63, 3.8) is 0 Å². The zero-order valence-electron chi connectivity index (χ0n) is 17.1. The Hall–Kier alpha value is -3.07. The summed E-state index contributed by atoms with van der Waals surface area (Å²) in [6.07, 6.45) is 6.29. The summed E-state index contributed by atoms with van der Waals surface area (Å²) >= 11 is 1.68. The molecule has 4 rings (SSSR count). The first kappa shape index (κ1) is 20.2. The van der Waals surface area contributed by atoms with Crippen LogP contribution in [0.1, 0.15) is 24.5 Å². The van der Waals surface area contributed by atoms with Crippen LogP contribution >= 0.6 is 11.8 Å². The minimum Gasteiger partial charge on any atom is -0.497 e. The lowest BCUT2D eigenvalue weighted by atomic mass is 10.2. The highest BCUT2D eigenvalue weighted by molar-refractivity contribution is 7.99. The molecule has 0 atom stereocenters. The lowest BCUT2D eigenvalue weighted by Crippen LogP contribution is -2.23. The van der Waals surface area contributed by atoms with Crippen LogP contribution in [0.5, 0.6) is 5.75 Å². The minimum atomic E-state index is 0.665. The molecule has 8 nitrogen and oxygen atoms in total. The standard InChI is InChI=1S/C21H25N7OS/c1-3-8-30-21-26-19(24-11-15-4-6-17(29-2)7-5-15)18-20(27-21)28(14-25-18)12-16-9-22-13-23-10-16/h4-7,9-10,13,25H,3,8,11-12,14H2,1-2H3,(H,24,26,27). The first-order chi connectivity index (χ1) is 14.8. The maximum atomic E-state index is 5.24. The Morgan fingerprint density at radius 2 is 1.93 bits per heavy atom. The maximum absolute atomic E-state index is 5.24. The number of nitrogens with zero attached hydrogens (tertiary/aromatic N) is 5. The van der Waals surface area contributed by atoms with Crippen LogP contribution in [0.25, 0.3) is 0 Å². The van der Waals surface area contributed by atoms with Gasteiger partial charge in [0, 0.05) is 36.8 Å². The van der Waals surface area contributed by atoms with Crippen LogP contribution in [0.2, 0.25) is 0 Å². The molecule has 1 aliphatic heterocycles. The summed E-state index contributed by atoms with van der Waals surface area (Å²) in [5.41, 5.74) is 3.13. The second-order valence-corrected chi connectivity index (χ2v) is 7.95. The van der Waals surface area contributed by atoms with E-state index in [0.717, 1.165) is 51.5 Å². The van der Waals surface area contributed by atoms with Gasteiger partial charge in [0.2, 0.25) is 0 Å². The summed E-state index contributed by atoms with van der Waals surface area (Å²) in [4.78, 5) is 20.0. The van der Waals surface area contributed by atoms with Gasteiger partial charge >= 0.3 is 0 Å². The smallest absolute Gasteiger partial charge is 0.191 e. The molecule has 3 heterocycles. The van der Waals surface area contributed by atoms with E-state index in [1.807, 2.05) is 24.5 Å². The molecule has 0 saturated heterocycles. The van der Waals surface area contributed by atoms with E-state index in [0.29, 0.717) is 19.8 Å². The highest BCUT2D eigenvalue weighted by Gasteiger charge is 2.25. The fraction of sp³-hybridized carbons (Fsp3) is 0.333. The normalized spacial score (nSPS) is 12.4. The van der Waals surface area contributed by atoms with Gasteiger partial charge in [0.1, 0.15) is 17.8 Å². The van der Waals surface area contributed by atoms with Crippen LogP contribution in [0, 0.1) is 0 Å². The predicted octanol–water partition coefficient (Wildman–Crippen LogP) is 3.78. The van der Waals surface area contributed by atoms with Crippen molar-refractivity contribution in [3.8, 4) is 5.75 Å². The Labute approximate surface area is 180 Å². The first-order valence-corrected chi connectivity index (χ1v) is 10.9. The summed E-state index contributed by atoms with van der Waals surface area (Å²) in [7, 11) is 1.67. The van der Waals surface area contributed by atoms with Crippen LogP contribution in [0.4, 0.5) is 17.3 Å². The number of fused-ring (bicyclic) bond motifs is 1. The van der Waals surface area contributed by atoms with Gasteiger partial charge in [0.15, 0.2) is 16.8 Å². The third-order valence-corrected chi connectivity index (χ3v) is 5.71. The highest BCUT2D eigenvalue weighted by Crippen LogP contribution is 2.37. The van der Waals surface area contributed by atoms with Gasteiger partial charge in [-0.15, -0.1) is 0 Å². The van der Waals surface area contributed by atoms with Gasteiger partial charge in [-0.1, -0.05) is 30.8 Å². The largest absolute Gasteiger partial charge is 0.497 e. The number of benzene rings is 1. The predicted molar refractivity (Wildman–Crippen MR) is 120 cm³/mol. The molecule has 0 bridgehead atoms. The van der Waals surface area contributed by atoms with Crippen molar-refractivity contribution in [1.29, 1.82) is 0 Å². The van der Waals surface area contributed by atoms with Crippen molar-refractivity contribution >= 4 is 29.1 Å². The zero-order chi connectivity index (χ0) is 20.8. The van der Waals surface area contributed by atoms with Crippen molar-refractivity contribution in [2.45, 2.75) is 31.6 Å². The number of methoxy groups -OCH3 is 1. The molecule has 9 heteroatoms. The third kappa shape index (κ3) is 4.73. The van der Waals surface area contributed by atoms with Crippen molar-refractivity contribution in [3.05, 3.63) is 54.1 Å². The van der Waals surface area contributed by atoms with E-state index in [4.69, 9.17) is 14.7 Å². The van der Waals surface area contributed by atoms with E-state index in [1.165, 1.54) is 0 Å². The molecular formula is C21H25N7OS. The molecule has 30 heavy (non-hydrogen) atoms. The molecule has 0 fully saturated rings. The Morgan fingerprint density at radius 1 is 1.13 bits per heavy atom. The number of hydrogen-bond donors (Lipinski definition) is 2. The number of ether oxygens (including phenoxy) is 1.